The van der Waals surface area contributed by atoms with E-state index in [1.165, 1.54) is 41.3 Å². The van der Waals surface area contributed by atoms with E-state index < -0.39 is 10.0 Å². The van der Waals surface area contributed by atoms with Crippen molar-refractivity contribution in [2.24, 2.45) is 4.99 Å². The molecule has 1 aliphatic rings. The van der Waals surface area contributed by atoms with Gasteiger partial charge in [0.25, 0.3) is 10.0 Å². The first-order valence-corrected chi connectivity index (χ1v) is 10.2. The molecule has 2 rings (SSSR count). The van der Waals surface area contributed by atoms with E-state index in [-0.39, 0.29) is 0 Å². The Balaban J connectivity index is 2.03. The average Bonchev–Trinajstić information content (AvgIpc) is 3.16. The monoisotopic (exact) mass is 358 g/mol. The van der Waals surface area contributed by atoms with E-state index in [4.69, 9.17) is 0 Å². The fourth-order valence-corrected chi connectivity index (χ4v) is 4.95. The minimum Gasteiger partial charge on any atom is -0.357 e. The van der Waals surface area contributed by atoms with Gasteiger partial charge in [-0.1, -0.05) is 12.8 Å². The van der Waals surface area contributed by atoms with E-state index in [9.17, 15) is 8.42 Å². The molecule has 0 unspecified atom stereocenters. The Bertz CT molecular complexity index is 632. The highest BCUT2D eigenvalue weighted by molar-refractivity contribution is 7.91. The van der Waals surface area contributed by atoms with Crippen molar-refractivity contribution in [3.63, 3.8) is 0 Å². The van der Waals surface area contributed by atoms with Crippen molar-refractivity contribution in [2.75, 3.05) is 20.6 Å². The summed E-state index contributed by atoms with van der Waals surface area (Å²) in [4.78, 5) is 5.52. The van der Waals surface area contributed by atoms with Crippen LogP contribution in [0.2, 0.25) is 0 Å². The zero-order valence-corrected chi connectivity index (χ0v) is 15.6. The summed E-state index contributed by atoms with van der Waals surface area (Å²) in [5.41, 5.74) is 0. The zero-order chi connectivity index (χ0) is 16.9. The highest BCUT2D eigenvalue weighted by Gasteiger charge is 2.19. The second-order valence-electron chi connectivity index (χ2n) is 5.83. The molecule has 130 valence electrons. The highest BCUT2D eigenvalue weighted by Crippen LogP contribution is 2.24. The summed E-state index contributed by atoms with van der Waals surface area (Å²) in [5.74, 6) is 0.810. The van der Waals surface area contributed by atoms with Gasteiger partial charge >= 0.3 is 0 Å². The molecule has 8 heteroatoms. The summed E-state index contributed by atoms with van der Waals surface area (Å²) < 4.78 is 25.8. The van der Waals surface area contributed by atoms with Gasteiger partial charge in [-0.05, 0) is 31.9 Å². The first-order valence-electron chi connectivity index (χ1n) is 7.99. The van der Waals surface area contributed by atoms with Crippen LogP contribution in [0.1, 0.15) is 37.5 Å². The van der Waals surface area contributed by atoms with Crippen LogP contribution in [0, 0.1) is 0 Å². The normalized spacial score (nSPS) is 17.0. The second kappa shape index (κ2) is 8.12. The third kappa shape index (κ3) is 4.92. The van der Waals surface area contributed by atoms with E-state index in [2.05, 4.69) is 15.6 Å². The van der Waals surface area contributed by atoms with Gasteiger partial charge in [0.15, 0.2) is 5.96 Å². The maximum absolute atomic E-state index is 12.1. The molecule has 1 aromatic heterocycles. The lowest BCUT2D eigenvalue weighted by atomic mass is 10.2. The Labute approximate surface area is 143 Å². The predicted octanol–water partition coefficient (Wildman–Crippen LogP) is 2.00. The van der Waals surface area contributed by atoms with Gasteiger partial charge in [0.1, 0.15) is 4.21 Å². The molecule has 1 fully saturated rings. The van der Waals surface area contributed by atoms with Gasteiger partial charge < -0.3 is 10.6 Å². The molecular weight excluding hydrogens is 332 g/mol. The van der Waals surface area contributed by atoms with Gasteiger partial charge in [-0.15, -0.1) is 11.3 Å². The first kappa shape index (κ1) is 18.2. The molecular formula is C15H26N4O2S2. The van der Waals surface area contributed by atoms with Crippen LogP contribution in [0.5, 0.6) is 0 Å². The number of thiophene rings is 1. The number of aliphatic imine (C=N–C) groups is 1. The number of nitrogens with zero attached hydrogens (tertiary/aromatic N) is 2. The topological polar surface area (TPSA) is 73.8 Å². The molecule has 0 atom stereocenters. The van der Waals surface area contributed by atoms with Crippen LogP contribution in [-0.2, 0) is 16.6 Å². The Morgan fingerprint density at radius 3 is 2.65 bits per heavy atom. The number of nitrogens with one attached hydrogen (secondary N) is 2. The van der Waals surface area contributed by atoms with Crippen LogP contribution >= 0.6 is 11.3 Å². The first-order chi connectivity index (χ1) is 10.9. The average molecular weight is 359 g/mol. The maximum atomic E-state index is 12.1. The number of guanidine groups is 1. The molecule has 1 heterocycles. The van der Waals surface area contributed by atoms with E-state index in [0.717, 1.165) is 17.4 Å². The molecule has 0 radical (unpaired) electrons. The van der Waals surface area contributed by atoms with Crippen molar-refractivity contribution in [2.45, 2.75) is 49.4 Å². The van der Waals surface area contributed by atoms with E-state index in [1.807, 2.05) is 13.0 Å². The van der Waals surface area contributed by atoms with E-state index >= 15 is 0 Å². The molecule has 1 aliphatic carbocycles. The molecule has 0 saturated heterocycles. The largest absolute Gasteiger partial charge is 0.357 e. The highest BCUT2D eigenvalue weighted by atomic mass is 32.2. The quantitative estimate of drug-likeness (QED) is 0.602. The molecule has 1 aromatic rings. The van der Waals surface area contributed by atoms with E-state index in [0.29, 0.717) is 16.8 Å². The van der Waals surface area contributed by atoms with Crippen molar-refractivity contribution in [1.29, 1.82) is 0 Å². The lowest BCUT2D eigenvalue weighted by molar-refractivity contribution is 0.523. The van der Waals surface area contributed by atoms with Crippen LogP contribution in [0.15, 0.2) is 21.3 Å². The van der Waals surface area contributed by atoms with Gasteiger partial charge in [-0.2, -0.15) is 0 Å². The van der Waals surface area contributed by atoms with Gasteiger partial charge in [0, 0.05) is 31.6 Å². The summed E-state index contributed by atoms with van der Waals surface area (Å²) in [7, 11) is -0.265. The minimum atomic E-state index is -3.35. The van der Waals surface area contributed by atoms with E-state index in [1.54, 1.807) is 20.2 Å². The second-order valence-corrected chi connectivity index (χ2v) is 9.38. The lowest BCUT2D eigenvalue weighted by Crippen LogP contribution is -2.42. The Kier molecular flexibility index (Phi) is 6.43. The van der Waals surface area contributed by atoms with Crippen LogP contribution in [-0.4, -0.2) is 45.4 Å². The van der Waals surface area contributed by atoms with Crippen molar-refractivity contribution in [3.8, 4) is 0 Å². The van der Waals surface area contributed by atoms with Gasteiger partial charge in [-0.25, -0.2) is 17.7 Å². The number of hydrogen-bond donors (Lipinski definition) is 2. The Morgan fingerprint density at radius 1 is 1.35 bits per heavy atom. The molecule has 2 N–H and O–H groups in total. The SMILES string of the molecule is CCNC(=NCc1ccc(S(=O)(=O)N(C)C)s1)NC1CCCC1. The van der Waals surface area contributed by atoms with Crippen LogP contribution < -0.4 is 10.6 Å². The summed E-state index contributed by atoms with van der Waals surface area (Å²) in [5, 5.41) is 6.71. The number of rotatable bonds is 6. The Hall–Kier alpha value is -1.12. The molecule has 0 bridgehead atoms. The molecule has 0 amide bonds. The molecule has 23 heavy (non-hydrogen) atoms. The smallest absolute Gasteiger partial charge is 0.252 e. The predicted molar refractivity (Wildman–Crippen MR) is 95.4 cm³/mol. The number of sulfonamides is 1. The molecule has 0 spiro atoms. The third-order valence-corrected chi connectivity index (χ3v) is 7.16. The Morgan fingerprint density at radius 2 is 2.04 bits per heavy atom. The summed E-state index contributed by atoms with van der Waals surface area (Å²) >= 11 is 1.28. The maximum Gasteiger partial charge on any atom is 0.252 e. The summed E-state index contributed by atoms with van der Waals surface area (Å²) in [6, 6.07) is 3.99. The standard InChI is InChI=1S/C15H26N4O2S2/c1-4-16-15(18-12-7-5-6-8-12)17-11-13-9-10-14(22-13)23(20,21)19(2)3/h9-10,12H,4-8,11H2,1-3H3,(H2,16,17,18). The van der Waals surface area contributed by atoms with Crippen molar-refractivity contribution >= 4 is 27.3 Å². The minimum absolute atomic E-state index is 0.362. The fraction of sp³-hybridized carbons (Fsp3) is 0.667. The summed E-state index contributed by atoms with van der Waals surface area (Å²) in [6.07, 6.45) is 4.92. The lowest BCUT2D eigenvalue weighted by Gasteiger charge is -2.16. The van der Waals surface area contributed by atoms with Crippen molar-refractivity contribution in [3.05, 3.63) is 17.0 Å². The fourth-order valence-electron chi connectivity index (χ4n) is 2.50. The van der Waals surface area contributed by atoms with Crippen molar-refractivity contribution in [1.82, 2.24) is 14.9 Å². The molecule has 0 aliphatic heterocycles. The van der Waals surface area contributed by atoms with Gasteiger partial charge in [0.05, 0.1) is 6.54 Å². The molecule has 1 saturated carbocycles. The van der Waals surface area contributed by atoms with Crippen LogP contribution in [0.25, 0.3) is 0 Å². The number of hydrogen-bond acceptors (Lipinski definition) is 4. The zero-order valence-electron chi connectivity index (χ0n) is 14.0. The molecule has 0 aromatic carbocycles. The van der Waals surface area contributed by atoms with Crippen molar-refractivity contribution < 1.29 is 8.42 Å². The van der Waals surface area contributed by atoms with Gasteiger partial charge in [0.2, 0.25) is 0 Å². The third-order valence-electron chi connectivity index (χ3n) is 3.81. The van der Waals surface area contributed by atoms with Crippen LogP contribution in [0.3, 0.4) is 0 Å². The summed E-state index contributed by atoms with van der Waals surface area (Å²) in [6.45, 7) is 3.33. The molecule has 6 nitrogen and oxygen atoms in total. The van der Waals surface area contributed by atoms with Crippen LogP contribution in [0.4, 0.5) is 0 Å². The van der Waals surface area contributed by atoms with Gasteiger partial charge in [-0.3, -0.25) is 0 Å².